The average molecular weight is 444 g/mol. The Morgan fingerprint density at radius 1 is 1.12 bits per heavy atom. The first-order valence-electron chi connectivity index (χ1n) is 10.4. The number of hydrogen-bond acceptors (Lipinski definition) is 6. The van der Waals surface area contributed by atoms with Gasteiger partial charge in [0.2, 0.25) is 0 Å². The maximum absolute atomic E-state index is 13.2. The van der Waals surface area contributed by atoms with Crippen molar-refractivity contribution in [2.24, 2.45) is 0 Å². The van der Waals surface area contributed by atoms with Crippen LogP contribution in [0.1, 0.15) is 40.7 Å². The highest BCUT2D eigenvalue weighted by Gasteiger charge is 2.35. The minimum atomic E-state index is -0.423. The minimum absolute atomic E-state index is 0.153. The molecule has 3 heterocycles. The Labute approximate surface area is 190 Å². The zero-order valence-corrected chi connectivity index (χ0v) is 18.6. The molecule has 0 amide bonds. The van der Waals surface area contributed by atoms with Crippen molar-refractivity contribution in [1.29, 1.82) is 0 Å². The first kappa shape index (κ1) is 20.3. The van der Waals surface area contributed by atoms with Crippen LogP contribution in [-0.2, 0) is 6.42 Å². The summed E-state index contributed by atoms with van der Waals surface area (Å²) in [6, 6.07) is 18.9. The van der Waals surface area contributed by atoms with Crippen molar-refractivity contribution in [2.45, 2.75) is 25.8 Å². The number of ether oxygens (including phenoxy) is 1. The van der Waals surface area contributed by atoms with Crippen LogP contribution in [0.3, 0.4) is 0 Å². The van der Waals surface area contributed by atoms with Gasteiger partial charge in [-0.15, -0.1) is 0 Å². The van der Waals surface area contributed by atoms with Crippen LogP contribution in [0.25, 0.3) is 11.5 Å². The quantitative estimate of drug-likeness (QED) is 0.423. The molecular formula is C25H21N3O3S. The Kier molecular flexibility index (Phi) is 5.19. The van der Waals surface area contributed by atoms with E-state index in [0.717, 1.165) is 22.3 Å². The molecule has 2 aromatic carbocycles. The molecule has 0 unspecified atom stereocenters. The number of methoxy groups -OCH3 is 1. The summed E-state index contributed by atoms with van der Waals surface area (Å²) in [6.45, 7) is 2.06. The molecule has 160 valence electrons. The van der Waals surface area contributed by atoms with E-state index < -0.39 is 6.04 Å². The van der Waals surface area contributed by atoms with E-state index >= 15 is 0 Å². The highest BCUT2D eigenvalue weighted by molar-refractivity contribution is 7.80. The average Bonchev–Trinajstić information content (AvgIpc) is 3.42. The number of pyridine rings is 1. The van der Waals surface area contributed by atoms with Crippen molar-refractivity contribution >= 4 is 17.1 Å². The number of fused-ring (bicyclic) bond motifs is 1. The van der Waals surface area contributed by atoms with Crippen LogP contribution >= 0.6 is 12.2 Å². The third-order valence-corrected chi connectivity index (χ3v) is 6.20. The van der Waals surface area contributed by atoms with Crippen LogP contribution < -0.4 is 10.3 Å². The summed E-state index contributed by atoms with van der Waals surface area (Å²) < 4.78 is 12.9. The smallest absolute Gasteiger partial charge is 0.257 e. The fourth-order valence-corrected chi connectivity index (χ4v) is 4.59. The van der Waals surface area contributed by atoms with E-state index in [2.05, 4.69) is 29.2 Å². The van der Waals surface area contributed by atoms with Crippen LogP contribution in [-0.4, -0.2) is 26.7 Å². The lowest BCUT2D eigenvalue weighted by molar-refractivity contribution is 0.396. The second-order valence-corrected chi connectivity index (χ2v) is 8.32. The molecule has 1 aliphatic rings. The molecule has 0 N–H and O–H groups in total. The van der Waals surface area contributed by atoms with E-state index in [4.69, 9.17) is 21.5 Å². The van der Waals surface area contributed by atoms with E-state index in [1.54, 1.807) is 17.7 Å². The molecule has 0 spiro atoms. The monoisotopic (exact) mass is 443 g/mol. The maximum atomic E-state index is 13.2. The summed E-state index contributed by atoms with van der Waals surface area (Å²) in [4.78, 5) is 18.5. The summed E-state index contributed by atoms with van der Waals surface area (Å²) >= 11 is 5.69. The lowest BCUT2D eigenvalue weighted by Gasteiger charge is -2.16. The molecule has 0 fully saturated rings. The first-order valence-corrected chi connectivity index (χ1v) is 10.8. The molecule has 32 heavy (non-hydrogen) atoms. The predicted octanol–water partition coefficient (Wildman–Crippen LogP) is 4.52. The zero-order valence-electron chi connectivity index (χ0n) is 17.7. The topological polar surface area (TPSA) is 70.2 Å². The van der Waals surface area contributed by atoms with Gasteiger partial charge >= 0.3 is 0 Å². The van der Waals surface area contributed by atoms with Gasteiger partial charge in [0.15, 0.2) is 5.82 Å². The molecule has 1 aliphatic heterocycles. The van der Waals surface area contributed by atoms with Crippen LogP contribution in [0.4, 0.5) is 0 Å². The number of rotatable bonds is 5. The van der Waals surface area contributed by atoms with Crippen molar-refractivity contribution < 1.29 is 9.26 Å². The third-order valence-electron chi connectivity index (χ3n) is 5.84. The normalized spacial score (nSPS) is 15.1. The molecule has 0 radical (unpaired) electrons. The van der Waals surface area contributed by atoms with Crippen LogP contribution in [0.2, 0.25) is 0 Å². The number of thiocarbonyl (C=S) groups is 1. The lowest BCUT2D eigenvalue weighted by Crippen LogP contribution is -2.25. The Hall–Kier alpha value is -3.58. The molecule has 2 aromatic heterocycles. The Balaban J connectivity index is 1.57. The van der Waals surface area contributed by atoms with Gasteiger partial charge in [0, 0.05) is 34.9 Å². The van der Waals surface area contributed by atoms with Crippen molar-refractivity contribution in [3.05, 3.63) is 99.2 Å². The minimum Gasteiger partial charge on any atom is -0.494 e. The second-order valence-electron chi connectivity index (χ2n) is 7.83. The molecule has 0 saturated heterocycles. The van der Waals surface area contributed by atoms with Gasteiger partial charge in [-0.2, -0.15) is 4.98 Å². The molecular weight excluding hydrogens is 422 g/mol. The molecule has 4 aromatic rings. The van der Waals surface area contributed by atoms with Gasteiger partial charge in [-0.05, 0) is 30.2 Å². The fraction of sp³-hybridized carbons (Fsp3) is 0.200. The van der Waals surface area contributed by atoms with Crippen molar-refractivity contribution in [1.82, 2.24) is 14.7 Å². The Bertz CT molecular complexity index is 1370. The molecule has 0 aliphatic carbocycles. The van der Waals surface area contributed by atoms with E-state index in [1.165, 1.54) is 0 Å². The van der Waals surface area contributed by atoms with E-state index in [1.807, 2.05) is 42.5 Å². The summed E-state index contributed by atoms with van der Waals surface area (Å²) in [7, 11) is 1.61. The summed E-state index contributed by atoms with van der Waals surface area (Å²) in [5, 5.41) is 4.16. The Morgan fingerprint density at radius 3 is 2.62 bits per heavy atom. The lowest BCUT2D eigenvalue weighted by atomic mass is 9.99. The summed E-state index contributed by atoms with van der Waals surface area (Å²) in [5.74, 6) is 1.48. The zero-order chi connectivity index (χ0) is 22.2. The van der Waals surface area contributed by atoms with E-state index in [-0.39, 0.29) is 5.56 Å². The molecule has 7 heteroatoms. The van der Waals surface area contributed by atoms with Gasteiger partial charge in [-0.3, -0.25) is 9.36 Å². The molecule has 1 atom stereocenters. The number of aryl methyl sites for hydroxylation is 1. The maximum Gasteiger partial charge on any atom is 0.257 e. The molecule has 5 rings (SSSR count). The van der Waals surface area contributed by atoms with Gasteiger partial charge in [0.1, 0.15) is 17.5 Å². The predicted molar refractivity (Wildman–Crippen MR) is 125 cm³/mol. The summed E-state index contributed by atoms with van der Waals surface area (Å²) in [6.07, 6.45) is 1.04. The first-order chi connectivity index (χ1) is 15.6. The van der Waals surface area contributed by atoms with Crippen molar-refractivity contribution in [3.8, 4) is 17.2 Å². The van der Waals surface area contributed by atoms with E-state index in [9.17, 15) is 4.79 Å². The van der Waals surface area contributed by atoms with Gasteiger partial charge in [0.05, 0.1) is 7.11 Å². The highest BCUT2D eigenvalue weighted by atomic mass is 32.1. The SMILES string of the molecule is COc1c(Cc2ccccc2C)cc(=O)n2c1C(=S)C[C@@H]2c1noc(-c2ccccc2)n1. The third kappa shape index (κ3) is 3.44. The number of nitrogens with zero attached hydrogens (tertiary/aromatic N) is 3. The van der Waals surface area contributed by atoms with Crippen LogP contribution in [0.15, 0.2) is 70.0 Å². The van der Waals surface area contributed by atoms with Crippen LogP contribution in [0.5, 0.6) is 5.75 Å². The fourth-order valence-electron chi connectivity index (χ4n) is 4.24. The molecule has 0 bridgehead atoms. The van der Waals surface area contributed by atoms with Gasteiger partial charge in [-0.25, -0.2) is 0 Å². The van der Waals surface area contributed by atoms with Crippen molar-refractivity contribution in [3.63, 3.8) is 0 Å². The van der Waals surface area contributed by atoms with E-state index in [0.29, 0.717) is 40.9 Å². The molecule has 6 nitrogen and oxygen atoms in total. The second kappa shape index (κ2) is 8.16. The van der Waals surface area contributed by atoms with Crippen LogP contribution in [0, 0.1) is 6.92 Å². The number of hydrogen-bond donors (Lipinski definition) is 0. The largest absolute Gasteiger partial charge is 0.494 e. The highest BCUT2D eigenvalue weighted by Crippen LogP contribution is 2.37. The van der Waals surface area contributed by atoms with Gasteiger partial charge < -0.3 is 9.26 Å². The standard InChI is InChI=1S/C25H21N3O3S/c1-15-8-6-7-11-17(15)12-18-13-21(29)28-19(14-20(32)22(28)23(18)30-2)24-26-25(31-27-24)16-9-4-3-5-10-16/h3-11,13,19H,12,14H2,1-2H3/t19-/m1/s1. The van der Waals surface area contributed by atoms with Crippen molar-refractivity contribution in [2.75, 3.05) is 7.11 Å². The summed E-state index contributed by atoms with van der Waals surface area (Å²) in [5.41, 5.74) is 4.43. The number of benzene rings is 2. The number of aromatic nitrogens is 3. The molecule has 0 saturated carbocycles. The Morgan fingerprint density at radius 2 is 1.88 bits per heavy atom. The van der Waals surface area contributed by atoms with Gasteiger partial charge in [-0.1, -0.05) is 59.8 Å². The van der Waals surface area contributed by atoms with Gasteiger partial charge in [0.25, 0.3) is 11.4 Å².